The second-order valence-electron chi connectivity index (χ2n) is 7.80. The number of hydrogen-bond acceptors (Lipinski definition) is 6. The summed E-state index contributed by atoms with van der Waals surface area (Å²) in [5.41, 5.74) is -0.936. The molecule has 36 heavy (non-hydrogen) atoms. The Morgan fingerprint density at radius 3 is 2.22 bits per heavy atom. The molecule has 0 unspecified atom stereocenters. The number of sulfonamides is 1. The van der Waals surface area contributed by atoms with Crippen LogP contribution in [0, 0.1) is 0 Å². The fraction of sp³-hybridized carbons (Fsp3) is 0.160. The number of methoxy groups -OCH3 is 2. The zero-order chi connectivity index (χ0) is 26.1. The van der Waals surface area contributed by atoms with E-state index in [4.69, 9.17) is 13.9 Å². The predicted molar refractivity (Wildman–Crippen MR) is 127 cm³/mol. The lowest BCUT2D eigenvalue weighted by Crippen LogP contribution is -2.13. The Morgan fingerprint density at radius 2 is 1.58 bits per heavy atom. The number of halogens is 3. The largest absolute Gasteiger partial charge is 0.497 e. The van der Waals surface area contributed by atoms with Gasteiger partial charge in [-0.1, -0.05) is 18.2 Å². The van der Waals surface area contributed by atoms with Crippen molar-refractivity contribution in [2.75, 3.05) is 18.9 Å². The number of benzene rings is 3. The number of nitrogens with one attached hydrogen (secondary N) is 1. The monoisotopic (exact) mass is 519 g/mol. The lowest BCUT2D eigenvalue weighted by molar-refractivity contribution is -0.136. The Labute approximate surface area is 204 Å². The van der Waals surface area contributed by atoms with Gasteiger partial charge >= 0.3 is 11.8 Å². The van der Waals surface area contributed by atoms with E-state index in [-0.39, 0.29) is 28.0 Å². The molecule has 7 nitrogen and oxygen atoms in total. The molecule has 11 heteroatoms. The Morgan fingerprint density at radius 1 is 0.889 bits per heavy atom. The topological polar surface area (TPSA) is 94.8 Å². The molecule has 0 fully saturated rings. The highest BCUT2D eigenvalue weighted by molar-refractivity contribution is 7.92. The molecule has 1 aromatic heterocycles. The quantitative estimate of drug-likeness (QED) is 0.337. The van der Waals surface area contributed by atoms with Crippen LogP contribution in [0.15, 0.2) is 80.8 Å². The van der Waals surface area contributed by atoms with E-state index in [1.165, 1.54) is 44.6 Å². The normalized spacial score (nSPS) is 11.9. The Balaban J connectivity index is 1.59. The van der Waals surface area contributed by atoms with E-state index in [9.17, 15) is 26.4 Å². The molecule has 0 aliphatic carbocycles. The summed E-state index contributed by atoms with van der Waals surface area (Å²) in [7, 11) is -1.11. The molecule has 0 radical (unpaired) electrons. The highest BCUT2D eigenvalue weighted by Crippen LogP contribution is 2.35. The molecule has 0 saturated heterocycles. The number of ether oxygens (including phenoxy) is 2. The van der Waals surface area contributed by atoms with E-state index in [0.29, 0.717) is 28.7 Å². The Bertz CT molecular complexity index is 1580. The number of anilines is 1. The minimum atomic E-state index is -4.72. The first-order valence-corrected chi connectivity index (χ1v) is 12.0. The Hall–Kier alpha value is -3.99. The Kier molecular flexibility index (Phi) is 6.68. The van der Waals surface area contributed by atoms with E-state index in [1.807, 2.05) is 0 Å². The minimum Gasteiger partial charge on any atom is -0.497 e. The molecular weight excluding hydrogens is 499 g/mol. The average Bonchev–Trinajstić information content (AvgIpc) is 2.83. The first-order chi connectivity index (χ1) is 17.0. The van der Waals surface area contributed by atoms with Gasteiger partial charge in [0.1, 0.15) is 17.1 Å². The van der Waals surface area contributed by atoms with Crippen molar-refractivity contribution >= 4 is 26.7 Å². The fourth-order valence-corrected chi connectivity index (χ4v) is 4.74. The summed E-state index contributed by atoms with van der Waals surface area (Å²) < 4.78 is 83.7. The zero-order valence-corrected chi connectivity index (χ0v) is 19.9. The molecule has 0 aliphatic heterocycles. The number of rotatable bonds is 7. The molecule has 0 amide bonds. The van der Waals surface area contributed by atoms with E-state index in [1.54, 1.807) is 30.3 Å². The third-order valence-corrected chi connectivity index (χ3v) is 6.79. The average molecular weight is 519 g/mol. The maximum Gasteiger partial charge on any atom is 0.417 e. The molecule has 188 valence electrons. The van der Waals surface area contributed by atoms with E-state index < -0.39 is 27.4 Å². The molecular formula is C25H20F3NO6S. The fourth-order valence-electron chi connectivity index (χ4n) is 3.67. The van der Waals surface area contributed by atoms with Crippen molar-refractivity contribution in [1.29, 1.82) is 0 Å². The molecule has 4 rings (SSSR count). The van der Waals surface area contributed by atoms with Gasteiger partial charge in [0, 0.05) is 17.5 Å². The van der Waals surface area contributed by atoms with Crippen LogP contribution >= 0.6 is 0 Å². The van der Waals surface area contributed by atoms with Crippen LogP contribution < -0.4 is 19.8 Å². The summed E-state index contributed by atoms with van der Waals surface area (Å²) in [6.07, 6.45) is -4.49. The van der Waals surface area contributed by atoms with Gasteiger partial charge in [0.2, 0.25) is 0 Å². The summed E-state index contributed by atoms with van der Waals surface area (Å²) in [6.45, 7) is 0. The summed E-state index contributed by atoms with van der Waals surface area (Å²) in [6, 6.07) is 15.2. The van der Waals surface area contributed by atoms with E-state index in [0.717, 1.165) is 0 Å². The van der Waals surface area contributed by atoms with Crippen molar-refractivity contribution in [2.45, 2.75) is 17.5 Å². The standard InChI is InChI=1S/C25H20F3NO6S/c1-33-17-6-10-23(34-2)21(13-17)29-36(31,32)18-7-3-15(4-8-18)11-16-5-9-22-19(12-16)20(25(26,27)28)14-24(30)35-22/h3-10,12-14,29H,11H2,1-2H3. The molecule has 0 saturated carbocycles. The van der Waals surface area contributed by atoms with E-state index in [2.05, 4.69) is 4.72 Å². The molecule has 3 aromatic carbocycles. The first kappa shape index (κ1) is 25.1. The van der Waals surface area contributed by atoms with Crippen molar-refractivity contribution in [1.82, 2.24) is 0 Å². The molecule has 4 aromatic rings. The molecule has 0 spiro atoms. The SMILES string of the molecule is COc1ccc(OC)c(NS(=O)(=O)c2ccc(Cc3ccc4oc(=O)cc(C(F)(F)F)c4c3)cc2)c1. The predicted octanol–water partition coefficient (Wildman–Crippen LogP) is 5.22. The third kappa shape index (κ3) is 5.30. The van der Waals surface area contributed by atoms with Crippen LogP contribution in [-0.2, 0) is 22.6 Å². The summed E-state index contributed by atoms with van der Waals surface area (Å²) in [5.74, 6) is 0.744. The van der Waals surface area contributed by atoms with Gasteiger partial charge in [-0.3, -0.25) is 4.72 Å². The number of fused-ring (bicyclic) bond motifs is 1. The molecule has 0 atom stereocenters. The number of hydrogen-bond donors (Lipinski definition) is 1. The van der Waals surface area contributed by atoms with Crippen LogP contribution in [0.25, 0.3) is 11.0 Å². The van der Waals surface area contributed by atoms with Crippen LogP contribution in [0.5, 0.6) is 11.5 Å². The van der Waals surface area contributed by atoms with Crippen molar-refractivity contribution in [3.63, 3.8) is 0 Å². The van der Waals surface area contributed by atoms with Crippen LogP contribution in [0.1, 0.15) is 16.7 Å². The molecule has 1 N–H and O–H groups in total. The van der Waals surface area contributed by atoms with Crippen molar-refractivity contribution in [3.8, 4) is 11.5 Å². The maximum atomic E-state index is 13.4. The van der Waals surface area contributed by atoms with Gasteiger partial charge in [0.05, 0.1) is 30.4 Å². The van der Waals surface area contributed by atoms with Gasteiger partial charge in [0.25, 0.3) is 10.0 Å². The van der Waals surface area contributed by atoms with Crippen LogP contribution in [0.3, 0.4) is 0 Å². The zero-order valence-electron chi connectivity index (χ0n) is 19.0. The lowest BCUT2D eigenvalue weighted by atomic mass is 10.0. The van der Waals surface area contributed by atoms with Crippen molar-refractivity contribution in [2.24, 2.45) is 0 Å². The van der Waals surface area contributed by atoms with Gasteiger partial charge < -0.3 is 13.9 Å². The second-order valence-corrected chi connectivity index (χ2v) is 9.48. The summed E-state index contributed by atoms with van der Waals surface area (Å²) in [5, 5.41) is -0.227. The van der Waals surface area contributed by atoms with Gasteiger partial charge in [-0.25, -0.2) is 13.2 Å². The van der Waals surface area contributed by atoms with Crippen LogP contribution in [-0.4, -0.2) is 22.6 Å². The first-order valence-electron chi connectivity index (χ1n) is 10.5. The molecule has 0 aliphatic rings. The van der Waals surface area contributed by atoms with Gasteiger partial charge in [0.15, 0.2) is 0 Å². The minimum absolute atomic E-state index is 0.0178. The van der Waals surface area contributed by atoms with Gasteiger partial charge in [-0.15, -0.1) is 0 Å². The second kappa shape index (κ2) is 9.57. The number of alkyl halides is 3. The van der Waals surface area contributed by atoms with Crippen molar-refractivity contribution in [3.05, 3.63) is 93.8 Å². The smallest absolute Gasteiger partial charge is 0.417 e. The molecule has 0 bridgehead atoms. The highest BCUT2D eigenvalue weighted by atomic mass is 32.2. The van der Waals surface area contributed by atoms with Crippen LogP contribution in [0.2, 0.25) is 0 Å². The summed E-state index contributed by atoms with van der Waals surface area (Å²) >= 11 is 0. The van der Waals surface area contributed by atoms with Crippen molar-refractivity contribution < 1.29 is 35.5 Å². The highest BCUT2D eigenvalue weighted by Gasteiger charge is 2.33. The third-order valence-electron chi connectivity index (χ3n) is 5.41. The van der Waals surface area contributed by atoms with E-state index >= 15 is 0 Å². The molecule has 1 heterocycles. The maximum absolute atomic E-state index is 13.4. The van der Waals surface area contributed by atoms with Gasteiger partial charge in [-0.2, -0.15) is 13.2 Å². The van der Waals surface area contributed by atoms with Crippen LogP contribution in [0.4, 0.5) is 18.9 Å². The summed E-state index contributed by atoms with van der Waals surface area (Å²) in [4.78, 5) is 11.5. The van der Waals surface area contributed by atoms with Gasteiger partial charge in [-0.05, 0) is 53.9 Å². The lowest BCUT2D eigenvalue weighted by Gasteiger charge is -2.13.